The van der Waals surface area contributed by atoms with Crippen LogP contribution in [-0.2, 0) is 16.0 Å². The number of aromatic nitrogens is 4. The van der Waals surface area contributed by atoms with Crippen LogP contribution in [0.25, 0.3) is 16.9 Å². The lowest BCUT2D eigenvalue weighted by atomic mass is 10.1. The summed E-state index contributed by atoms with van der Waals surface area (Å²) in [5, 5.41) is 12.7. The van der Waals surface area contributed by atoms with Gasteiger partial charge in [-0.1, -0.05) is 23.9 Å². The summed E-state index contributed by atoms with van der Waals surface area (Å²) in [6.07, 6.45) is 0.644. The van der Waals surface area contributed by atoms with Crippen molar-refractivity contribution in [3.8, 4) is 17.2 Å². The van der Waals surface area contributed by atoms with Crippen molar-refractivity contribution in [1.29, 1.82) is 0 Å². The van der Waals surface area contributed by atoms with Crippen LogP contribution in [0.5, 0.6) is 11.5 Å². The molecule has 1 atom stereocenters. The molecular formula is C26H26N6O6S. The van der Waals surface area contributed by atoms with Crippen LogP contribution in [0.4, 0.5) is 10.6 Å². The molecule has 1 amide bonds. The quantitative estimate of drug-likeness (QED) is 0.307. The smallest absolute Gasteiger partial charge is 0.408 e. The Labute approximate surface area is 227 Å². The van der Waals surface area contributed by atoms with Gasteiger partial charge in [-0.25, -0.2) is 24.5 Å². The average Bonchev–Trinajstić information content (AvgIpc) is 3.48. The van der Waals surface area contributed by atoms with E-state index in [-0.39, 0.29) is 19.0 Å². The van der Waals surface area contributed by atoms with E-state index in [1.165, 1.54) is 18.1 Å². The van der Waals surface area contributed by atoms with Crippen LogP contribution in [0.3, 0.4) is 0 Å². The highest BCUT2D eigenvalue weighted by Gasteiger charge is 2.25. The Balaban J connectivity index is 1.42. The van der Waals surface area contributed by atoms with Crippen LogP contribution >= 0.6 is 11.8 Å². The first kappa shape index (κ1) is 26.1. The third kappa shape index (κ3) is 5.82. The maximum atomic E-state index is 12.1. The highest BCUT2D eigenvalue weighted by atomic mass is 32.2. The molecule has 3 heterocycles. The molecule has 39 heavy (non-hydrogen) atoms. The number of hydrogen-bond acceptors (Lipinski definition) is 10. The molecule has 1 aliphatic heterocycles. The van der Waals surface area contributed by atoms with Gasteiger partial charge in [0.15, 0.2) is 33.6 Å². The van der Waals surface area contributed by atoms with Crippen molar-refractivity contribution < 1.29 is 28.9 Å². The highest BCUT2D eigenvalue weighted by molar-refractivity contribution is 7.99. The second kappa shape index (κ2) is 10.3. The van der Waals surface area contributed by atoms with Gasteiger partial charge in [-0.05, 0) is 56.7 Å². The molecular weight excluding hydrogens is 524 g/mol. The Hall–Kier alpha value is -4.52. The lowest BCUT2D eigenvalue weighted by Gasteiger charge is -2.22. The number of anilines is 1. The number of carbonyl (C=O) groups is 2. The van der Waals surface area contributed by atoms with Crippen LogP contribution < -0.4 is 20.5 Å². The first-order chi connectivity index (χ1) is 18.6. The molecule has 0 unspecified atom stereocenters. The van der Waals surface area contributed by atoms with Gasteiger partial charge in [-0.15, -0.1) is 0 Å². The minimum absolute atomic E-state index is 0.0630. The van der Waals surface area contributed by atoms with Gasteiger partial charge in [0.2, 0.25) is 6.79 Å². The zero-order valence-electron chi connectivity index (χ0n) is 21.4. The summed E-state index contributed by atoms with van der Waals surface area (Å²) in [5.41, 5.74) is 7.76. The van der Waals surface area contributed by atoms with E-state index in [4.69, 9.17) is 24.9 Å². The number of amides is 1. The van der Waals surface area contributed by atoms with Crippen molar-refractivity contribution in [3.05, 3.63) is 54.4 Å². The van der Waals surface area contributed by atoms with Gasteiger partial charge in [-0.3, -0.25) is 4.57 Å². The average molecular weight is 551 g/mol. The largest absolute Gasteiger partial charge is 0.480 e. The highest BCUT2D eigenvalue weighted by Crippen LogP contribution is 2.39. The molecule has 0 spiro atoms. The summed E-state index contributed by atoms with van der Waals surface area (Å²) in [6.45, 7) is 5.30. The molecule has 5 rings (SSSR count). The van der Waals surface area contributed by atoms with Gasteiger partial charge in [-0.2, -0.15) is 0 Å². The van der Waals surface area contributed by atoms with E-state index in [0.29, 0.717) is 33.4 Å². The van der Waals surface area contributed by atoms with E-state index >= 15 is 0 Å². The number of imidazole rings is 1. The number of fused-ring (bicyclic) bond motifs is 2. The van der Waals surface area contributed by atoms with E-state index in [1.54, 1.807) is 32.9 Å². The molecule has 0 radical (unpaired) electrons. The monoisotopic (exact) mass is 550 g/mol. The predicted octanol–water partition coefficient (Wildman–Crippen LogP) is 3.80. The third-order valence-electron chi connectivity index (χ3n) is 5.62. The number of ether oxygens (including phenoxy) is 3. The molecule has 4 N–H and O–H groups in total. The molecule has 0 bridgehead atoms. The van der Waals surface area contributed by atoms with Gasteiger partial charge in [0.1, 0.15) is 18.0 Å². The number of nitrogens with one attached hydrogen (secondary N) is 1. The fourth-order valence-electron chi connectivity index (χ4n) is 3.90. The number of carbonyl (C=O) groups excluding carboxylic acids is 1. The predicted molar refractivity (Wildman–Crippen MR) is 142 cm³/mol. The van der Waals surface area contributed by atoms with Gasteiger partial charge < -0.3 is 30.4 Å². The van der Waals surface area contributed by atoms with Crippen LogP contribution in [0.1, 0.15) is 26.3 Å². The Morgan fingerprint density at radius 3 is 2.62 bits per heavy atom. The van der Waals surface area contributed by atoms with E-state index in [2.05, 4.69) is 15.3 Å². The molecule has 0 aliphatic carbocycles. The second-order valence-corrected chi connectivity index (χ2v) is 10.7. The number of hydrogen-bond donors (Lipinski definition) is 3. The number of carboxylic acid groups (broad SMARTS) is 1. The summed E-state index contributed by atoms with van der Waals surface area (Å²) < 4.78 is 17.9. The fraction of sp³-hybridized carbons (Fsp3) is 0.269. The normalized spacial score (nSPS) is 13.3. The van der Waals surface area contributed by atoms with E-state index < -0.39 is 23.7 Å². The number of aliphatic carboxylic acids is 1. The van der Waals surface area contributed by atoms with Crippen LogP contribution in [0.2, 0.25) is 0 Å². The lowest BCUT2D eigenvalue weighted by Crippen LogP contribution is -2.44. The van der Waals surface area contributed by atoms with Crippen molar-refractivity contribution in [2.45, 2.75) is 48.9 Å². The number of nitrogens with two attached hydrogens (primary N) is 1. The molecule has 1 aliphatic rings. The summed E-state index contributed by atoms with van der Waals surface area (Å²) in [7, 11) is 0. The Kier molecular flexibility index (Phi) is 6.91. The van der Waals surface area contributed by atoms with Crippen LogP contribution in [0.15, 0.2) is 58.8 Å². The number of rotatable bonds is 7. The standard InChI is InChI=1S/C26H26N6O6S/c1-26(2,3)38-25(35)30-17(23(33)34)10-14-4-6-15(7-5-14)32-22-20(21(27)28-12-29-22)31-24(32)39-16-8-9-18-19(11-16)37-13-36-18/h4-9,11-12,17H,10,13H2,1-3H3,(H,30,35)(H,33,34)(H2,27,28,29)/t17-/m0/s1. The SMILES string of the molecule is CC(C)(C)OC(=O)N[C@@H](Cc1ccc(-n2c(Sc3ccc4c(c3)OCO4)nc3c(N)ncnc32)cc1)C(=O)O. The molecule has 0 saturated carbocycles. The molecule has 12 nitrogen and oxygen atoms in total. The van der Waals surface area contributed by atoms with Crippen molar-refractivity contribution in [3.63, 3.8) is 0 Å². The van der Waals surface area contributed by atoms with E-state index in [1.807, 2.05) is 34.9 Å². The third-order valence-corrected chi connectivity index (χ3v) is 6.56. The first-order valence-electron chi connectivity index (χ1n) is 12.0. The Bertz CT molecular complexity index is 1550. The maximum Gasteiger partial charge on any atom is 0.408 e. The van der Waals surface area contributed by atoms with Gasteiger partial charge in [0.05, 0.1) is 0 Å². The number of benzene rings is 2. The minimum atomic E-state index is -1.17. The zero-order valence-corrected chi connectivity index (χ0v) is 22.2. The molecule has 0 fully saturated rings. The summed E-state index contributed by atoms with van der Waals surface area (Å²) in [6, 6.07) is 11.7. The van der Waals surface area contributed by atoms with Crippen molar-refractivity contribution >= 4 is 40.8 Å². The number of carboxylic acids is 1. The van der Waals surface area contributed by atoms with Gasteiger partial charge >= 0.3 is 12.1 Å². The maximum absolute atomic E-state index is 12.1. The molecule has 2 aromatic carbocycles. The summed E-state index contributed by atoms with van der Waals surface area (Å²) >= 11 is 1.39. The fourth-order valence-corrected chi connectivity index (χ4v) is 4.84. The molecule has 0 saturated heterocycles. The van der Waals surface area contributed by atoms with E-state index in [9.17, 15) is 14.7 Å². The molecule has 2 aromatic heterocycles. The topological polar surface area (TPSA) is 164 Å². The molecule has 4 aromatic rings. The lowest BCUT2D eigenvalue weighted by molar-refractivity contribution is -0.139. The first-order valence-corrected chi connectivity index (χ1v) is 12.8. The molecule has 13 heteroatoms. The van der Waals surface area contributed by atoms with Crippen molar-refractivity contribution in [2.24, 2.45) is 0 Å². The second-order valence-electron chi connectivity index (χ2n) is 9.69. The van der Waals surface area contributed by atoms with Crippen LogP contribution in [-0.4, -0.2) is 55.1 Å². The van der Waals surface area contributed by atoms with Crippen molar-refractivity contribution in [1.82, 2.24) is 24.8 Å². The van der Waals surface area contributed by atoms with E-state index in [0.717, 1.165) is 10.6 Å². The summed E-state index contributed by atoms with van der Waals surface area (Å²) in [5.74, 6) is 0.416. The summed E-state index contributed by atoms with van der Waals surface area (Å²) in [4.78, 5) is 38.0. The Morgan fingerprint density at radius 2 is 1.90 bits per heavy atom. The minimum Gasteiger partial charge on any atom is -0.480 e. The van der Waals surface area contributed by atoms with Crippen LogP contribution in [0, 0.1) is 0 Å². The number of alkyl carbamates (subject to hydrolysis) is 1. The van der Waals surface area contributed by atoms with Gasteiger partial charge in [0, 0.05) is 17.0 Å². The Morgan fingerprint density at radius 1 is 1.15 bits per heavy atom. The number of nitrogen functional groups attached to an aromatic ring is 1. The van der Waals surface area contributed by atoms with Crippen molar-refractivity contribution in [2.75, 3.05) is 12.5 Å². The zero-order chi connectivity index (χ0) is 27.7. The number of nitrogens with zero attached hydrogens (tertiary/aromatic N) is 4. The molecule has 202 valence electrons. The van der Waals surface area contributed by atoms with Gasteiger partial charge in [0.25, 0.3) is 0 Å².